The lowest BCUT2D eigenvalue weighted by Gasteiger charge is -2.34. The van der Waals surface area contributed by atoms with Crippen molar-refractivity contribution in [2.75, 3.05) is 32.8 Å². The zero-order valence-electron chi connectivity index (χ0n) is 10.2. The molecule has 0 aromatic heterocycles. The zero-order valence-corrected chi connectivity index (χ0v) is 10.2. The van der Waals surface area contributed by atoms with Gasteiger partial charge in [-0.1, -0.05) is 17.7 Å². The van der Waals surface area contributed by atoms with Gasteiger partial charge in [0.2, 0.25) is 0 Å². The Bertz CT molecular complexity index is 376. The van der Waals surface area contributed by atoms with Crippen molar-refractivity contribution in [1.29, 1.82) is 0 Å². The van der Waals surface area contributed by atoms with Gasteiger partial charge in [-0.25, -0.2) is 0 Å². The monoisotopic (exact) mass is 236 g/mol. The van der Waals surface area contributed by atoms with Crippen molar-refractivity contribution < 1.29 is 10.2 Å². The second-order valence-electron chi connectivity index (χ2n) is 4.55. The van der Waals surface area contributed by atoms with E-state index in [0.29, 0.717) is 0 Å². The van der Waals surface area contributed by atoms with Crippen LogP contribution in [-0.4, -0.2) is 47.9 Å². The van der Waals surface area contributed by atoms with Gasteiger partial charge in [-0.05, 0) is 13.0 Å². The highest BCUT2D eigenvalue weighted by molar-refractivity contribution is 5.38. The third-order valence-corrected chi connectivity index (χ3v) is 3.31. The summed E-state index contributed by atoms with van der Waals surface area (Å²) in [4.78, 5) is 2.21. The molecule has 17 heavy (non-hydrogen) atoms. The molecule has 0 spiro atoms. The number of nitrogens with zero attached hydrogens (tertiary/aromatic N) is 1. The third-order valence-electron chi connectivity index (χ3n) is 3.31. The zero-order chi connectivity index (χ0) is 12.3. The SMILES string of the molecule is Cc1ccc(O)c([C@H](CO)N2CCNCC2)c1. The molecule has 1 fully saturated rings. The summed E-state index contributed by atoms with van der Waals surface area (Å²) in [7, 11) is 0. The molecule has 0 saturated carbocycles. The largest absolute Gasteiger partial charge is 0.508 e. The fourth-order valence-corrected chi connectivity index (χ4v) is 2.35. The first-order valence-electron chi connectivity index (χ1n) is 6.07. The number of aliphatic hydroxyl groups excluding tert-OH is 1. The molecular weight excluding hydrogens is 216 g/mol. The lowest BCUT2D eigenvalue weighted by molar-refractivity contribution is 0.109. The lowest BCUT2D eigenvalue weighted by atomic mass is 10.0. The van der Waals surface area contributed by atoms with Crippen LogP contribution in [0, 0.1) is 6.92 Å². The maximum atomic E-state index is 9.91. The minimum Gasteiger partial charge on any atom is -0.508 e. The first-order chi connectivity index (χ1) is 8.22. The van der Waals surface area contributed by atoms with Crippen molar-refractivity contribution in [3.05, 3.63) is 29.3 Å². The van der Waals surface area contributed by atoms with E-state index in [0.717, 1.165) is 37.3 Å². The molecule has 1 saturated heterocycles. The van der Waals surface area contributed by atoms with Gasteiger partial charge in [-0.3, -0.25) is 4.90 Å². The van der Waals surface area contributed by atoms with Gasteiger partial charge in [-0.15, -0.1) is 0 Å². The number of phenolic OH excluding ortho intramolecular Hbond substituents is 1. The molecule has 0 unspecified atom stereocenters. The van der Waals surface area contributed by atoms with E-state index in [1.165, 1.54) is 0 Å². The molecule has 1 aliphatic heterocycles. The van der Waals surface area contributed by atoms with Gasteiger partial charge >= 0.3 is 0 Å². The summed E-state index contributed by atoms with van der Waals surface area (Å²) < 4.78 is 0. The predicted octanol–water partition coefficient (Wildman–Crippen LogP) is 0.639. The van der Waals surface area contributed by atoms with Crippen molar-refractivity contribution in [2.24, 2.45) is 0 Å². The molecule has 2 rings (SSSR count). The van der Waals surface area contributed by atoms with Crippen LogP contribution in [0.4, 0.5) is 0 Å². The predicted molar refractivity (Wildman–Crippen MR) is 67.1 cm³/mol. The van der Waals surface area contributed by atoms with E-state index in [2.05, 4.69) is 10.2 Å². The maximum absolute atomic E-state index is 9.91. The molecule has 0 radical (unpaired) electrons. The van der Waals surface area contributed by atoms with Crippen molar-refractivity contribution in [3.8, 4) is 5.75 Å². The summed E-state index contributed by atoms with van der Waals surface area (Å²) in [5.41, 5.74) is 1.93. The van der Waals surface area contributed by atoms with E-state index in [1.54, 1.807) is 6.07 Å². The Labute approximate surface area is 102 Å². The van der Waals surface area contributed by atoms with Crippen LogP contribution in [0.15, 0.2) is 18.2 Å². The van der Waals surface area contributed by atoms with Crippen molar-refractivity contribution in [1.82, 2.24) is 10.2 Å². The Balaban J connectivity index is 2.24. The average molecular weight is 236 g/mol. The number of aliphatic hydroxyl groups is 1. The Morgan fingerprint density at radius 2 is 2.06 bits per heavy atom. The Kier molecular flexibility index (Phi) is 3.99. The number of aryl methyl sites for hydroxylation is 1. The number of hydrogen-bond donors (Lipinski definition) is 3. The topological polar surface area (TPSA) is 55.7 Å². The normalized spacial score (nSPS) is 19.2. The Hall–Kier alpha value is -1.10. The van der Waals surface area contributed by atoms with E-state index in [1.807, 2.05) is 19.1 Å². The molecule has 94 valence electrons. The van der Waals surface area contributed by atoms with E-state index in [4.69, 9.17) is 0 Å². The number of aromatic hydroxyl groups is 1. The van der Waals surface area contributed by atoms with Gasteiger partial charge in [0.15, 0.2) is 0 Å². The molecule has 1 aromatic rings. The minimum atomic E-state index is -0.100. The summed E-state index contributed by atoms with van der Waals surface area (Å²) in [5, 5.41) is 22.8. The summed E-state index contributed by atoms with van der Waals surface area (Å²) in [6.45, 7) is 5.70. The molecule has 4 nitrogen and oxygen atoms in total. The second kappa shape index (κ2) is 5.49. The summed E-state index contributed by atoms with van der Waals surface area (Å²) in [6.07, 6.45) is 0. The number of hydrogen-bond acceptors (Lipinski definition) is 4. The lowest BCUT2D eigenvalue weighted by Crippen LogP contribution is -2.46. The second-order valence-corrected chi connectivity index (χ2v) is 4.55. The molecule has 0 bridgehead atoms. The maximum Gasteiger partial charge on any atom is 0.120 e. The highest BCUT2D eigenvalue weighted by Crippen LogP contribution is 2.29. The van der Waals surface area contributed by atoms with Crippen molar-refractivity contribution in [3.63, 3.8) is 0 Å². The summed E-state index contributed by atoms with van der Waals surface area (Å²) in [5.74, 6) is 0.271. The molecular formula is C13H20N2O2. The van der Waals surface area contributed by atoms with Gasteiger partial charge in [0, 0.05) is 31.7 Å². The molecule has 1 atom stereocenters. The van der Waals surface area contributed by atoms with Crippen LogP contribution in [0.25, 0.3) is 0 Å². The summed E-state index contributed by atoms with van der Waals surface area (Å²) in [6, 6.07) is 5.44. The van der Waals surface area contributed by atoms with E-state index < -0.39 is 0 Å². The van der Waals surface area contributed by atoms with Crippen molar-refractivity contribution >= 4 is 0 Å². The first-order valence-corrected chi connectivity index (χ1v) is 6.07. The molecule has 0 aliphatic carbocycles. The third kappa shape index (κ3) is 2.77. The number of benzene rings is 1. The van der Waals surface area contributed by atoms with Gasteiger partial charge in [0.25, 0.3) is 0 Å². The standard InChI is InChI=1S/C13H20N2O2/c1-10-2-3-13(17)11(8-10)12(9-16)15-6-4-14-5-7-15/h2-3,8,12,14,16-17H,4-7,9H2,1H3/t12-/m0/s1. The Morgan fingerprint density at radius 1 is 1.35 bits per heavy atom. The van der Waals surface area contributed by atoms with Crippen molar-refractivity contribution in [2.45, 2.75) is 13.0 Å². The van der Waals surface area contributed by atoms with Crippen LogP contribution in [0.5, 0.6) is 5.75 Å². The number of piperazine rings is 1. The number of phenols is 1. The van der Waals surface area contributed by atoms with E-state index in [-0.39, 0.29) is 18.4 Å². The van der Waals surface area contributed by atoms with E-state index in [9.17, 15) is 10.2 Å². The van der Waals surface area contributed by atoms with Crippen LogP contribution >= 0.6 is 0 Å². The smallest absolute Gasteiger partial charge is 0.120 e. The molecule has 1 heterocycles. The van der Waals surface area contributed by atoms with Gasteiger partial charge in [-0.2, -0.15) is 0 Å². The van der Waals surface area contributed by atoms with Crippen LogP contribution < -0.4 is 5.32 Å². The van der Waals surface area contributed by atoms with Crippen LogP contribution in [0.1, 0.15) is 17.2 Å². The number of nitrogens with one attached hydrogen (secondary N) is 1. The molecule has 1 aromatic carbocycles. The Morgan fingerprint density at radius 3 is 2.71 bits per heavy atom. The van der Waals surface area contributed by atoms with Gasteiger partial charge in [0.1, 0.15) is 5.75 Å². The highest BCUT2D eigenvalue weighted by atomic mass is 16.3. The van der Waals surface area contributed by atoms with Gasteiger partial charge in [0.05, 0.1) is 12.6 Å². The fourth-order valence-electron chi connectivity index (χ4n) is 2.35. The number of rotatable bonds is 3. The minimum absolute atomic E-state index is 0.0387. The van der Waals surface area contributed by atoms with Crippen LogP contribution in [0.2, 0.25) is 0 Å². The van der Waals surface area contributed by atoms with Crippen LogP contribution in [0.3, 0.4) is 0 Å². The fraction of sp³-hybridized carbons (Fsp3) is 0.538. The average Bonchev–Trinajstić information content (AvgIpc) is 2.36. The quantitative estimate of drug-likeness (QED) is 0.721. The molecule has 0 amide bonds. The highest BCUT2D eigenvalue weighted by Gasteiger charge is 2.23. The van der Waals surface area contributed by atoms with Crippen LogP contribution in [-0.2, 0) is 0 Å². The summed E-state index contributed by atoms with van der Waals surface area (Å²) >= 11 is 0. The molecule has 1 aliphatic rings. The molecule has 4 heteroatoms. The first kappa shape index (κ1) is 12.4. The van der Waals surface area contributed by atoms with E-state index >= 15 is 0 Å². The van der Waals surface area contributed by atoms with Gasteiger partial charge < -0.3 is 15.5 Å². The molecule has 3 N–H and O–H groups in total.